The quantitative estimate of drug-likeness (QED) is 0.576. The highest BCUT2D eigenvalue weighted by atomic mass is 79.9. The molecule has 1 aromatic heterocycles. The van der Waals surface area contributed by atoms with Crippen LogP contribution in [-0.2, 0) is 17.9 Å². The predicted molar refractivity (Wildman–Crippen MR) is 110 cm³/mol. The van der Waals surface area contributed by atoms with Crippen LogP contribution in [0.25, 0.3) is 0 Å². The first-order chi connectivity index (χ1) is 14.3. The molecule has 1 saturated heterocycles. The number of amides is 1. The molecule has 2 fully saturated rings. The second-order valence-corrected chi connectivity index (χ2v) is 8.91. The molecule has 0 bridgehead atoms. The number of halogens is 5. The SMILES string of the molecule is O=C(Cn1nc(C(F)F)c(Br)c1C1CC1)N1CCN(Cc2ccc(F)cc2Cl)CC1. The molecule has 162 valence electrons. The first-order valence-electron chi connectivity index (χ1n) is 9.81. The van der Waals surface area contributed by atoms with Gasteiger partial charge in [-0.25, -0.2) is 13.2 Å². The third kappa shape index (κ3) is 4.68. The number of hydrogen-bond acceptors (Lipinski definition) is 3. The van der Waals surface area contributed by atoms with Crippen LogP contribution in [0.2, 0.25) is 5.02 Å². The first kappa shape index (κ1) is 21.6. The van der Waals surface area contributed by atoms with E-state index in [4.69, 9.17) is 11.6 Å². The van der Waals surface area contributed by atoms with Crippen LogP contribution in [0.4, 0.5) is 13.2 Å². The van der Waals surface area contributed by atoms with Crippen molar-refractivity contribution in [1.29, 1.82) is 0 Å². The number of carbonyl (C=O) groups excluding carboxylic acids is 1. The van der Waals surface area contributed by atoms with Gasteiger partial charge in [0.15, 0.2) is 0 Å². The summed E-state index contributed by atoms with van der Waals surface area (Å²) in [7, 11) is 0. The molecule has 0 N–H and O–H groups in total. The maximum absolute atomic E-state index is 13.2. The van der Waals surface area contributed by atoms with Gasteiger partial charge in [-0.1, -0.05) is 17.7 Å². The summed E-state index contributed by atoms with van der Waals surface area (Å²) < 4.78 is 41.4. The fourth-order valence-corrected chi connectivity index (χ4v) is 4.76. The molecule has 5 nitrogen and oxygen atoms in total. The van der Waals surface area contributed by atoms with Crippen molar-refractivity contribution in [2.75, 3.05) is 26.2 Å². The number of carbonyl (C=O) groups is 1. The Hall–Kier alpha value is -1.58. The van der Waals surface area contributed by atoms with E-state index < -0.39 is 6.43 Å². The standard InChI is InChI=1S/C20H21BrClF3N4O/c21-17-18(20(24)25)26-29(19(17)12-1-2-12)11-16(30)28-7-5-27(6-8-28)10-13-3-4-14(23)9-15(13)22/h3-4,9,12,20H,1-2,5-8,10-11H2. The van der Waals surface area contributed by atoms with Gasteiger partial charge in [-0.15, -0.1) is 0 Å². The van der Waals surface area contributed by atoms with E-state index in [1.165, 1.54) is 16.8 Å². The van der Waals surface area contributed by atoms with E-state index >= 15 is 0 Å². The van der Waals surface area contributed by atoms with Gasteiger partial charge in [0.05, 0.1) is 10.2 Å². The zero-order valence-electron chi connectivity index (χ0n) is 16.1. The number of aromatic nitrogens is 2. The van der Waals surface area contributed by atoms with E-state index in [0.717, 1.165) is 18.4 Å². The van der Waals surface area contributed by atoms with Crippen LogP contribution in [0.5, 0.6) is 0 Å². The predicted octanol–water partition coefficient (Wildman–Crippen LogP) is 4.60. The summed E-state index contributed by atoms with van der Waals surface area (Å²) in [6.45, 7) is 2.90. The molecule has 2 heterocycles. The molecule has 30 heavy (non-hydrogen) atoms. The summed E-state index contributed by atoms with van der Waals surface area (Å²) in [5.74, 6) is -0.318. The molecule has 0 spiro atoms. The van der Waals surface area contributed by atoms with Crippen molar-refractivity contribution >= 4 is 33.4 Å². The van der Waals surface area contributed by atoms with Crippen LogP contribution in [-0.4, -0.2) is 51.7 Å². The smallest absolute Gasteiger partial charge is 0.283 e. The van der Waals surface area contributed by atoms with Crippen molar-refractivity contribution in [3.05, 3.63) is 50.5 Å². The average molecular weight is 506 g/mol. The Bertz CT molecular complexity index is 942. The van der Waals surface area contributed by atoms with Crippen LogP contribution in [0.15, 0.2) is 22.7 Å². The molecule has 2 aromatic rings. The molecule has 0 radical (unpaired) electrons. The molecule has 4 rings (SSSR count). The van der Waals surface area contributed by atoms with Gasteiger partial charge in [-0.3, -0.25) is 14.4 Å². The maximum Gasteiger partial charge on any atom is 0.283 e. The van der Waals surface area contributed by atoms with Gasteiger partial charge >= 0.3 is 0 Å². The van der Waals surface area contributed by atoms with E-state index in [2.05, 4.69) is 25.9 Å². The van der Waals surface area contributed by atoms with Gasteiger partial charge < -0.3 is 4.90 Å². The Morgan fingerprint density at radius 3 is 2.53 bits per heavy atom. The van der Waals surface area contributed by atoms with E-state index in [1.807, 2.05) is 0 Å². The van der Waals surface area contributed by atoms with E-state index in [1.54, 1.807) is 11.0 Å². The molecular formula is C20H21BrClF3N4O. The third-order valence-corrected chi connectivity index (χ3v) is 6.71. The lowest BCUT2D eigenvalue weighted by atomic mass is 10.2. The average Bonchev–Trinajstić information content (AvgIpc) is 3.48. The Labute approximate surface area is 185 Å². The summed E-state index contributed by atoms with van der Waals surface area (Å²) in [4.78, 5) is 16.7. The molecule has 0 unspecified atom stereocenters. The summed E-state index contributed by atoms with van der Waals surface area (Å²) in [6.07, 6.45) is -0.840. The fourth-order valence-electron chi connectivity index (χ4n) is 3.75. The zero-order valence-corrected chi connectivity index (χ0v) is 18.5. The minimum Gasteiger partial charge on any atom is -0.339 e. The summed E-state index contributed by atoms with van der Waals surface area (Å²) in [6, 6.07) is 4.35. The number of alkyl halides is 2. The lowest BCUT2D eigenvalue weighted by Crippen LogP contribution is -2.49. The molecule has 1 aliphatic carbocycles. The number of nitrogens with zero attached hydrogens (tertiary/aromatic N) is 4. The van der Waals surface area contributed by atoms with Gasteiger partial charge in [0, 0.05) is 43.7 Å². The minimum absolute atomic E-state index is 0.0407. The number of rotatable bonds is 6. The topological polar surface area (TPSA) is 41.4 Å². The minimum atomic E-state index is -2.69. The van der Waals surface area contributed by atoms with Crippen molar-refractivity contribution < 1.29 is 18.0 Å². The van der Waals surface area contributed by atoms with E-state index in [-0.39, 0.29) is 29.9 Å². The van der Waals surface area contributed by atoms with Gasteiger partial charge in [0.25, 0.3) is 6.43 Å². The number of piperazine rings is 1. The highest BCUT2D eigenvalue weighted by Gasteiger charge is 2.34. The third-order valence-electron chi connectivity index (χ3n) is 5.55. The summed E-state index contributed by atoms with van der Waals surface area (Å²) >= 11 is 9.35. The normalized spacial score (nSPS) is 17.7. The molecule has 10 heteroatoms. The van der Waals surface area contributed by atoms with Crippen LogP contribution in [0, 0.1) is 5.82 Å². The van der Waals surface area contributed by atoms with Crippen molar-refractivity contribution in [2.24, 2.45) is 0 Å². The summed E-state index contributed by atoms with van der Waals surface area (Å²) in [5.41, 5.74) is 1.24. The number of benzene rings is 1. The van der Waals surface area contributed by atoms with Crippen molar-refractivity contribution in [2.45, 2.75) is 38.3 Å². The fraction of sp³-hybridized carbons (Fsp3) is 0.500. The lowest BCUT2D eigenvalue weighted by molar-refractivity contribution is -0.133. The van der Waals surface area contributed by atoms with Crippen LogP contribution in [0.1, 0.15) is 42.1 Å². The van der Waals surface area contributed by atoms with Gasteiger partial charge in [0.2, 0.25) is 5.91 Å². The van der Waals surface area contributed by atoms with Crippen LogP contribution < -0.4 is 0 Å². The second-order valence-electron chi connectivity index (χ2n) is 7.71. The van der Waals surface area contributed by atoms with Gasteiger partial charge in [-0.2, -0.15) is 5.10 Å². The van der Waals surface area contributed by atoms with E-state index in [0.29, 0.717) is 47.9 Å². The zero-order chi connectivity index (χ0) is 21.4. The summed E-state index contributed by atoms with van der Waals surface area (Å²) in [5, 5.41) is 4.40. The highest BCUT2D eigenvalue weighted by Crippen LogP contribution is 2.45. The Kier molecular flexibility index (Phi) is 6.41. The van der Waals surface area contributed by atoms with Crippen molar-refractivity contribution in [3.63, 3.8) is 0 Å². The molecule has 1 amide bonds. The molecule has 0 atom stereocenters. The van der Waals surface area contributed by atoms with E-state index in [9.17, 15) is 18.0 Å². The molecule has 1 aliphatic heterocycles. The van der Waals surface area contributed by atoms with Crippen molar-refractivity contribution in [3.8, 4) is 0 Å². The Morgan fingerprint density at radius 2 is 1.93 bits per heavy atom. The maximum atomic E-state index is 13.2. The Morgan fingerprint density at radius 1 is 1.23 bits per heavy atom. The largest absolute Gasteiger partial charge is 0.339 e. The second kappa shape index (κ2) is 8.88. The molecule has 1 aromatic carbocycles. The highest BCUT2D eigenvalue weighted by molar-refractivity contribution is 9.10. The molecule has 2 aliphatic rings. The monoisotopic (exact) mass is 504 g/mol. The Balaban J connectivity index is 1.36. The van der Waals surface area contributed by atoms with Gasteiger partial charge in [0.1, 0.15) is 18.1 Å². The van der Waals surface area contributed by atoms with Crippen molar-refractivity contribution in [1.82, 2.24) is 19.6 Å². The lowest BCUT2D eigenvalue weighted by Gasteiger charge is -2.35. The molecule has 1 saturated carbocycles. The molecular weight excluding hydrogens is 485 g/mol. The van der Waals surface area contributed by atoms with Crippen LogP contribution in [0.3, 0.4) is 0 Å². The van der Waals surface area contributed by atoms with Crippen LogP contribution >= 0.6 is 27.5 Å². The first-order valence-corrected chi connectivity index (χ1v) is 11.0. The number of hydrogen-bond donors (Lipinski definition) is 0. The van der Waals surface area contributed by atoms with Gasteiger partial charge in [-0.05, 0) is 46.5 Å².